The van der Waals surface area contributed by atoms with Crippen molar-refractivity contribution < 1.29 is 0 Å². The lowest BCUT2D eigenvalue weighted by molar-refractivity contribution is 0.478. The van der Waals surface area contributed by atoms with Gasteiger partial charge in [-0.1, -0.05) is 72.8 Å². The molecular weight excluding hydrogens is 280 g/mol. The van der Waals surface area contributed by atoms with E-state index in [-0.39, 0.29) is 0 Å². The van der Waals surface area contributed by atoms with Crippen molar-refractivity contribution in [2.45, 2.75) is 0 Å². The predicted octanol–water partition coefficient (Wildman–Crippen LogP) is 3.03. The Balaban J connectivity index is 1.84. The summed E-state index contributed by atoms with van der Waals surface area (Å²) in [6, 6.07) is 27.6. The highest BCUT2D eigenvalue weighted by Crippen LogP contribution is 2.22. The summed E-state index contributed by atoms with van der Waals surface area (Å²) in [5.74, 6) is 0. The maximum atomic E-state index is 4.62. The van der Waals surface area contributed by atoms with E-state index in [9.17, 15) is 0 Å². The first-order valence-electron chi connectivity index (χ1n) is 7.84. The summed E-state index contributed by atoms with van der Waals surface area (Å²) in [7, 11) is 2.10. The van der Waals surface area contributed by atoms with Gasteiger partial charge >= 0.3 is 0 Å². The Hall–Kier alpha value is -2.87. The van der Waals surface area contributed by atoms with Gasteiger partial charge in [-0.25, -0.2) is 0 Å². The van der Waals surface area contributed by atoms with Crippen molar-refractivity contribution in [3.63, 3.8) is 0 Å². The fourth-order valence-electron chi connectivity index (χ4n) is 3.10. The highest BCUT2D eigenvalue weighted by molar-refractivity contribution is 5.69. The fourth-order valence-corrected chi connectivity index (χ4v) is 3.10. The standard InChI is InChI=1S/C21H18N2/c1-23-15-22-20-10-6-5-9-19(20)21(23)18-13-11-17(12-14-18)16-7-3-2-4-8-16/h2-14H,15H2,1H3. The largest absolute Gasteiger partial charge is 0.354 e. The van der Waals surface area contributed by atoms with E-state index < -0.39 is 0 Å². The van der Waals surface area contributed by atoms with Crippen LogP contribution in [-0.4, -0.2) is 18.6 Å². The first-order valence-corrected chi connectivity index (χ1v) is 7.84. The molecule has 0 aromatic heterocycles. The molecule has 2 nitrogen and oxygen atoms in total. The number of hydrogen-bond acceptors (Lipinski definition) is 2. The lowest BCUT2D eigenvalue weighted by atomic mass is 10.0. The summed E-state index contributed by atoms with van der Waals surface area (Å²) >= 11 is 0. The monoisotopic (exact) mass is 298 g/mol. The molecule has 0 radical (unpaired) electrons. The van der Waals surface area contributed by atoms with Crippen LogP contribution >= 0.6 is 0 Å². The molecule has 3 aromatic rings. The second-order valence-corrected chi connectivity index (χ2v) is 5.81. The van der Waals surface area contributed by atoms with E-state index in [0.717, 1.165) is 5.36 Å². The van der Waals surface area contributed by atoms with Gasteiger partial charge in [0.05, 0.1) is 11.1 Å². The Morgan fingerprint density at radius 2 is 1.30 bits per heavy atom. The molecule has 0 saturated heterocycles. The Morgan fingerprint density at radius 1 is 0.696 bits per heavy atom. The van der Waals surface area contributed by atoms with Gasteiger partial charge in [0.1, 0.15) is 6.67 Å². The third-order valence-electron chi connectivity index (χ3n) is 4.26. The molecule has 0 N–H and O–H groups in total. The summed E-state index contributed by atoms with van der Waals surface area (Å²) < 4.78 is 0. The van der Waals surface area contributed by atoms with Crippen molar-refractivity contribution in [3.8, 4) is 11.1 Å². The van der Waals surface area contributed by atoms with Crippen molar-refractivity contribution in [2.75, 3.05) is 13.7 Å². The lowest BCUT2D eigenvalue weighted by Crippen LogP contribution is -2.38. The van der Waals surface area contributed by atoms with Crippen molar-refractivity contribution in [1.82, 2.24) is 4.90 Å². The van der Waals surface area contributed by atoms with Crippen molar-refractivity contribution in [1.29, 1.82) is 0 Å². The predicted molar refractivity (Wildman–Crippen MR) is 94.2 cm³/mol. The summed E-state index contributed by atoms with van der Waals surface area (Å²) in [5, 5.41) is 2.28. The minimum Gasteiger partial charge on any atom is -0.354 e. The van der Waals surface area contributed by atoms with E-state index in [2.05, 4.69) is 83.7 Å². The highest BCUT2D eigenvalue weighted by Gasteiger charge is 2.12. The van der Waals surface area contributed by atoms with E-state index in [1.807, 2.05) is 12.1 Å². The van der Waals surface area contributed by atoms with Gasteiger partial charge in [0, 0.05) is 12.3 Å². The Morgan fingerprint density at radius 3 is 2.09 bits per heavy atom. The molecule has 3 aromatic carbocycles. The summed E-state index contributed by atoms with van der Waals surface area (Å²) in [4.78, 5) is 6.83. The zero-order valence-corrected chi connectivity index (χ0v) is 13.1. The van der Waals surface area contributed by atoms with Crippen LogP contribution in [0.1, 0.15) is 5.56 Å². The van der Waals surface area contributed by atoms with Crippen LogP contribution in [0.15, 0.2) is 83.9 Å². The zero-order chi connectivity index (χ0) is 15.6. The number of hydrogen-bond donors (Lipinski definition) is 0. The molecule has 0 amide bonds. The van der Waals surface area contributed by atoms with Crippen molar-refractivity contribution in [2.24, 2.45) is 4.99 Å². The topological polar surface area (TPSA) is 15.6 Å². The van der Waals surface area contributed by atoms with Crippen LogP contribution < -0.4 is 10.6 Å². The van der Waals surface area contributed by atoms with E-state index in [1.165, 1.54) is 27.6 Å². The van der Waals surface area contributed by atoms with Crippen LogP contribution in [0.3, 0.4) is 0 Å². The third-order valence-corrected chi connectivity index (χ3v) is 4.26. The van der Waals surface area contributed by atoms with Gasteiger partial charge in [0.25, 0.3) is 0 Å². The van der Waals surface area contributed by atoms with E-state index in [1.54, 1.807) is 0 Å². The molecule has 2 heteroatoms. The Bertz CT molecular complexity index is 941. The fraction of sp³-hybridized carbons (Fsp3) is 0.0952. The molecule has 4 rings (SSSR count). The molecule has 23 heavy (non-hydrogen) atoms. The molecule has 0 fully saturated rings. The number of rotatable bonds is 2. The molecule has 1 aliphatic rings. The molecule has 0 aliphatic carbocycles. The quantitative estimate of drug-likeness (QED) is 0.710. The normalized spacial score (nSPS) is 13.4. The maximum absolute atomic E-state index is 4.62. The second-order valence-electron chi connectivity index (χ2n) is 5.81. The molecule has 112 valence electrons. The van der Waals surface area contributed by atoms with Gasteiger partial charge in [0.15, 0.2) is 0 Å². The summed E-state index contributed by atoms with van der Waals surface area (Å²) in [6.45, 7) is 0.701. The first kappa shape index (κ1) is 13.8. The number of para-hydroxylation sites is 1. The highest BCUT2D eigenvalue weighted by atomic mass is 15.2. The Kier molecular flexibility index (Phi) is 3.43. The smallest absolute Gasteiger partial charge is 0.110 e. The zero-order valence-electron chi connectivity index (χ0n) is 13.1. The lowest BCUT2D eigenvalue weighted by Gasteiger charge is -2.24. The second kappa shape index (κ2) is 5.73. The van der Waals surface area contributed by atoms with Gasteiger partial charge < -0.3 is 4.90 Å². The molecular formula is C21H18N2. The number of benzene rings is 3. The van der Waals surface area contributed by atoms with Gasteiger partial charge in [-0.3, -0.25) is 4.99 Å². The minimum absolute atomic E-state index is 0.701. The van der Waals surface area contributed by atoms with Crippen LogP contribution in [0.5, 0.6) is 0 Å². The van der Waals surface area contributed by atoms with Gasteiger partial charge in [-0.2, -0.15) is 0 Å². The van der Waals surface area contributed by atoms with Crippen LogP contribution in [0.2, 0.25) is 0 Å². The summed E-state index contributed by atoms with van der Waals surface area (Å²) in [5.41, 5.74) is 4.97. The molecule has 1 heterocycles. The average molecular weight is 298 g/mol. The molecule has 0 unspecified atom stereocenters. The minimum atomic E-state index is 0.701. The van der Waals surface area contributed by atoms with Crippen LogP contribution in [0, 0.1) is 0 Å². The molecule has 0 spiro atoms. The van der Waals surface area contributed by atoms with Gasteiger partial charge in [-0.05, 0) is 22.8 Å². The summed E-state index contributed by atoms with van der Waals surface area (Å²) in [6.07, 6.45) is 0. The van der Waals surface area contributed by atoms with E-state index >= 15 is 0 Å². The van der Waals surface area contributed by atoms with Crippen molar-refractivity contribution >= 4 is 5.70 Å². The molecule has 0 bridgehead atoms. The number of fused-ring (bicyclic) bond motifs is 1. The molecule has 1 aliphatic heterocycles. The van der Waals surface area contributed by atoms with Crippen molar-refractivity contribution in [3.05, 3.63) is 95.0 Å². The van der Waals surface area contributed by atoms with Crippen LogP contribution in [-0.2, 0) is 0 Å². The Labute approximate surface area is 136 Å². The van der Waals surface area contributed by atoms with E-state index in [0.29, 0.717) is 6.67 Å². The van der Waals surface area contributed by atoms with Crippen LogP contribution in [0.4, 0.5) is 0 Å². The van der Waals surface area contributed by atoms with Gasteiger partial charge in [0.2, 0.25) is 0 Å². The molecule has 0 atom stereocenters. The average Bonchev–Trinajstić information content (AvgIpc) is 2.63. The van der Waals surface area contributed by atoms with Crippen LogP contribution in [0.25, 0.3) is 16.8 Å². The van der Waals surface area contributed by atoms with E-state index in [4.69, 9.17) is 0 Å². The number of nitrogens with zero attached hydrogens (tertiary/aromatic N) is 2. The molecule has 0 saturated carbocycles. The SMILES string of the molecule is CN1CN=c2ccccc2=C1c1ccc(-c2ccccc2)cc1. The maximum Gasteiger partial charge on any atom is 0.110 e. The first-order chi connectivity index (χ1) is 11.3. The van der Waals surface area contributed by atoms with Gasteiger partial charge in [-0.15, -0.1) is 0 Å². The third kappa shape index (κ3) is 2.53.